The Labute approximate surface area is 160 Å². The van der Waals surface area contributed by atoms with Crippen molar-refractivity contribution in [2.75, 3.05) is 13.1 Å². The normalized spacial score (nSPS) is 15.0. The largest absolute Gasteiger partial charge is 0.463 e. The van der Waals surface area contributed by atoms with Gasteiger partial charge in [-0.2, -0.15) is 5.10 Å². The number of piperidine rings is 1. The number of aromatic nitrogens is 2. The first-order valence-corrected chi connectivity index (χ1v) is 9.01. The van der Waals surface area contributed by atoms with Gasteiger partial charge in [0, 0.05) is 25.1 Å². The van der Waals surface area contributed by atoms with Gasteiger partial charge in [0.2, 0.25) is 5.91 Å². The summed E-state index contributed by atoms with van der Waals surface area (Å²) in [6.45, 7) is 0.883. The molecule has 28 heavy (non-hydrogen) atoms. The Morgan fingerprint density at radius 1 is 1.14 bits per heavy atom. The molecule has 4 rings (SSSR count). The number of benzene rings is 1. The van der Waals surface area contributed by atoms with Crippen LogP contribution in [-0.4, -0.2) is 39.6 Å². The second kappa shape index (κ2) is 7.30. The van der Waals surface area contributed by atoms with Crippen molar-refractivity contribution in [2.45, 2.75) is 12.8 Å². The summed E-state index contributed by atoms with van der Waals surface area (Å²) < 4.78 is 20.2. The molecule has 0 saturated carbocycles. The molecular formula is C20H19FN4O3. The van der Waals surface area contributed by atoms with E-state index in [0.717, 1.165) is 0 Å². The first kappa shape index (κ1) is 18.0. The van der Waals surface area contributed by atoms with Crippen LogP contribution in [-0.2, 0) is 4.79 Å². The maximum atomic E-state index is 13.3. The zero-order chi connectivity index (χ0) is 19.7. The number of halogens is 1. The number of hydrogen-bond donors (Lipinski definition) is 1. The summed E-state index contributed by atoms with van der Waals surface area (Å²) in [4.78, 5) is 26.2. The zero-order valence-electron chi connectivity index (χ0n) is 15.0. The molecule has 1 fully saturated rings. The lowest BCUT2D eigenvalue weighted by Gasteiger charge is -2.30. The average Bonchev–Trinajstić information content (AvgIpc) is 3.38. The highest BCUT2D eigenvalue weighted by molar-refractivity contribution is 5.94. The Kier molecular flexibility index (Phi) is 4.68. The molecule has 0 aliphatic carbocycles. The summed E-state index contributed by atoms with van der Waals surface area (Å²) in [5.41, 5.74) is 6.78. The van der Waals surface area contributed by atoms with Crippen LogP contribution in [0.5, 0.6) is 0 Å². The van der Waals surface area contributed by atoms with Crippen LogP contribution in [0.15, 0.2) is 53.1 Å². The number of carbonyl (C=O) groups excluding carboxylic acids is 2. The van der Waals surface area contributed by atoms with Gasteiger partial charge in [0.1, 0.15) is 17.2 Å². The van der Waals surface area contributed by atoms with Gasteiger partial charge in [0.15, 0.2) is 5.76 Å². The second-order valence-electron chi connectivity index (χ2n) is 6.75. The summed E-state index contributed by atoms with van der Waals surface area (Å²) in [5.74, 6) is -0.586. The van der Waals surface area contributed by atoms with Crippen LogP contribution in [0, 0.1) is 11.7 Å². The Morgan fingerprint density at radius 3 is 2.46 bits per heavy atom. The second-order valence-corrected chi connectivity index (χ2v) is 6.75. The highest BCUT2D eigenvalue weighted by Gasteiger charge is 2.29. The monoisotopic (exact) mass is 382 g/mol. The number of nitrogens with zero attached hydrogens (tertiary/aromatic N) is 3. The number of carbonyl (C=O) groups is 2. The van der Waals surface area contributed by atoms with Gasteiger partial charge < -0.3 is 15.1 Å². The van der Waals surface area contributed by atoms with E-state index in [-0.39, 0.29) is 23.5 Å². The highest BCUT2D eigenvalue weighted by atomic mass is 19.1. The van der Waals surface area contributed by atoms with Gasteiger partial charge in [0.05, 0.1) is 12.0 Å². The number of rotatable bonds is 4. The first-order valence-electron chi connectivity index (χ1n) is 9.01. The number of nitrogens with two attached hydrogens (primary N) is 1. The molecule has 0 unspecified atom stereocenters. The van der Waals surface area contributed by atoms with Crippen molar-refractivity contribution in [2.24, 2.45) is 11.7 Å². The Bertz CT molecular complexity index is 987. The van der Waals surface area contributed by atoms with Gasteiger partial charge >= 0.3 is 0 Å². The Morgan fingerprint density at radius 2 is 1.86 bits per heavy atom. The van der Waals surface area contributed by atoms with E-state index in [4.69, 9.17) is 10.2 Å². The molecule has 3 aromatic rings. The molecule has 7 nitrogen and oxygen atoms in total. The molecule has 1 aliphatic heterocycles. The third-order valence-electron chi connectivity index (χ3n) is 4.96. The van der Waals surface area contributed by atoms with E-state index >= 15 is 0 Å². The number of hydrogen-bond acceptors (Lipinski definition) is 4. The van der Waals surface area contributed by atoms with Crippen molar-refractivity contribution in [3.05, 3.63) is 60.2 Å². The van der Waals surface area contributed by atoms with E-state index in [1.807, 2.05) is 0 Å². The fourth-order valence-electron chi connectivity index (χ4n) is 3.39. The number of primary amides is 1. The number of furan rings is 1. The maximum Gasteiger partial charge on any atom is 0.272 e. The Balaban J connectivity index is 1.68. The third kappa shape index (κ3) is 3.40. The van der Waals surface area contributed by atoms with Gasteiger partial charge in [-0.3, -0.25) is 9.59 Å². The van der Waals surface area contributed by atoms with Crippen LogP contribution in [0.1, 0.15) is 23.3 Å². The fourth-order valence-corrected chi connectivity index (χ4v) is 3.39. The zero-order valence-corrected chi connectivity index (χ0v) is 15.0. The molecular weight excluding hydrogens is 363 g/mol. The SMILES string of the molecule is NC(=O)C1CCN(C(=O)c2cc(-c3ccco3)nn2-c2ccc(F)cc2)CC1. The third-order valence-corrected chi connectivity index (χ3v) is 4.96. The van der Waals surface area contributed by atoms with Crippen LogP contribution >= 0.6 is 0 Å². The predicted octanol–water partition coefficient (Wildman–Crippen LogP) is 2.61. The summed E-state index contributed by atoms with van der Waals surface area (Å²) in [5, 5.41) is 4.49. The van der Waals surface area contributed by atoms with E-state index in [0.29, 0.717) is 48.8 Å². The number of amides is 2. The molecule has 0 radical (unpaired) electrons. The summed E-state index contributed by atoms with van der Waals surface area (Å²) in [7, 11) is 0. The van der Waals surface area contributed by atoms with Gasteiger partial charge in [-0.25, -0.2) is 9.07 Å². The summed E-state index contributed by atoms with van der Waals surface area (Å²) in [6.07, 6.45) is 2.61. The first-order chi connectivity index (χ1) is 13.5. The molecule has 0 bridgehead atoms. The van der Waals surface area contributed by atoms with Gasteiger partial charge in [-0.1, -0.05) is 0 Å². The van der Waals surface area contributed by atoms with Crippen LogP contribution in [0.2, 0.25) is 0 Å². The van der Waals surface area contributed by atoms with Crippen molar-refractivity contribution in [1.82, 2.24) is 14.7 Å². The molecule has 0 atom stereocenters. The van der Waals surface area contributed by atoms with E-state index in [2.05, 4.69) is 5.10 Å². The fraction of sp³-hybridized carbons (Fsp3) is 0.250. The van der Waals surface area contributed by atoms with E-state index in [1.54, 1.807) is 35.2 Å². The standard InChI is InChI=1S/C20H19FN4O3/c21-14-3-5-15(6-4-14)25-17(12-16(23-25)18-2-1-11-28-18)20(27)24-9-7-13(8-10-24)19(22)26/h1-6,11-13H,7-10H2,(H2,22,26). The predicted molar refractivity (Wildman–Crippen MR) is 99.0 cm³/mol. The molecule has 8 heteroatoms. The molecule has 3 heterocycles. The summed E-state index contributed by atoms with van der Waals surface area (Å²) in [6, 6.07) is 10.9. The van der Waals surface area contributed by atoms with Crippen molar-refractivity contribution in [3.8, 4) is 17.1 Å². The van der Waals surface area contributed by atoms with Gasteiger partial charge in [-0.05, 0) is 49.2 Å². The molecule has 144 valence electrons. The van der Waals surface area contributed by atoms with Crippen LogP contribution in [0.3, 0.4) is 0 Å². The van der Waals surface area contributed by atoms with Crippen LogP contribution in [0.25, 0.3) is 17.1 Å². The van der Waals surface area contributed by atoms with E-state index in [1.165, 1.54) is 23.1 Å². The molecule has 2 amide bonds. The van der Waals surface area contributed by atoms with Crippen molar-refractivity contribution < 1.29 is 18.4 Å². The Hall–Kier alpha value is -3.42. The number of likely N-dealkylation sites (tertiary alicyclic amines) is 1. The van der Waals surface area contributed by atoms with Crippen molar-refractivity contribution in [1.29, 1.82) is 0 Å². The van der Waals surface area contributed by atoms with E-state index in [9.17, 15) is 14.0 Å². The average molecular weight is 382 g/mol. The summed E-state index contributed by atoms with van der Waals surface area (Å²) >= 11 is 0. The molecule has 1 saturated heterocycles. The van der Waals surface area contributed by atoms with Crippen molar-refractivity contribution in [3.63, 3.8) is 0 Å². The molecule has 2 aromatic heterocycles. The van der Waals surface area contributed by atoms with E-state index < -0.39 is 0 Å². The van der Waals surface area contributed by atoms with Crippen LogP contribution in [0.4, 0.5) is 4.39 Å². The lowest BCUT2D eigenvalue weighted by Crippen LogP contribution is -2.42. The van der Waals surface area contributed by atoms with Crippen molar-refractivity contribution >= 4 is 11.8 Å². The van der Waals surface area contributed by atoms with Gasteiger partial charge in [0.25, 0.3) is 5.91 Å². The molecule has 0 spiro atoms. The minimum absolute atomic E-state index is 0.204. The lowest BCUT2D eigenvalue weighted by atomic mass is 9.96. The van der Waals surface area contributed by atoms with Crippen LogP contribution < -0.4 is 5.73 Å². The topological polar surface area (TPSA) is 94.4 Å². The molecule has 1 aromatic carbocycles. The van der Waals surface area contributed by atoms with Gasteiger partial charge in [-0.15, -0.1) is 0 Å². The minimum Gasteiger partial charge on any atom is -0.463 e. The highest BCUT2D eigenvalue weighted by Crippen LogP contribution is 2.25. The quantitative estimate of drug-likeness (QED) is 0.750. The minimum atomic E-state index is -0.372. The maximum absolute atomic E-state index is 13.3. The smallest absolute Gasteiger partial charge is 0.272 e. The molecule has 2 N–H and O–H groups in total. The lowest BCUT2D eigenvalue weighted by molar-refractivity contribution is -0.123. The molecule has 1 aliphatic rings.